The zero-order valence-corrected chi connectivity index (χ0v) is 12.0. The number of unbranched alkanes of at least 4 members (excludes halogenated alkanes) is 2. The van der Waals surface area contributed by atoms with Crippen LogP contribution < -0.4 is 10.6 Å². The van der Waals surface area contributed by atoms with E-state index in [1.807, 2.05) is 18.7 Å². The fourth-order valence-corrected chi connectivity index (χ4v) is 2.20. The van der Waals surface area contributed by atoms with Gasteiger partial charge < -0.3 is 10.6 Å². The van der Waals surface area contributed by atoms with E-state index in [4.69, 9.17) is 5.73 Å². The molecule has 4 heteroatoms. The second-order valence-corrected chi connectivity index (χ2v) is 5.11. The highest BCUT2D eigenvalue weighted by atomic mass is 19.3. The summed E-state index contributed by atoms with van der Waals surface area (Å²) in [5.74, 6) is 0. The Morgan fingerprint density at radius 2 is 1.89 bits per heavy atom. The first-order valence-electron chi connectivity index (χ1n) is 6.91. The Morgan fingerprint density at radius 3 is 2.42 bits per heavy atom. The first-order chi connectivity index (χ1) is 8.97. The zero-order valence-electron chi connectivity index (χ0n) is 12.0. The average molecular weight is 270 g/mol. The van der Waals surface area contributed by atoms with Crippen LogP contribution in [-0.4, -0.2) is 12.6 Å². The van der Waals surface area contributed by atoms with Crippen LogP contribution in [0.2, 0.25) is 0 Å². The van der Waals surface area contributed by atoms with Gasteiger partial charge in [-0.25, -0.2) is 8.78 Å². The van der Waals surface area contributed by atoms with E-state index in [2.05, 4.69) is 6.92 Å². The number of hydrogen-bond donors (Lipinski definition) is 1. The Kier molecular flexibility index (Phi) is 6.06. The van der Waals surface area contributed by atoms with E-state index in [0.29, 0.717) is 11.4 Å². The fraction of sp³-hybridized carbons (Fsp3) is 0.600. The summed E-state index contributed by atoms with van der Waals surface area (Å²) < 4.78 is 26.3. The second kappa shape index (κ2) is 7.31. The molecule has 0 aliphatic carbocycles. The largest absolute Gasteiger partial charge is 0.399 e. The van der Waals surface area contributed by atoms with Gasteiger partial charge in [-0.05, 0) is 38.5 Å². The quantitative estimate of drug-likeness (QED) is 0.579. The van der Waals surface area contributed by atoms with Crippen LogP contribution in [-0.2, 0) is 0 Å². The van der Waals surface area contributed by atoms with Crippen molar-refractivity contribution in [3.63, 3.8) is 0 Å². The Labute approximate surface area is 114 Å². The van der Waals surface area contributed by atoms with Crippen molar-refractivity contribution >= 4 is 11.4 Å². The van der Waals surface area contributed by atoms with E-state index < -0.39 is 6.43 Å². The molecule has 0 unspecified atom stereocenters. The van der Waals surface area contributed by atoms with Gasteiger partial charge in [0.25, 0.3) is 6.43 Å². The van der Waals surface area contributed by atoms with Crippen LogP contribution in [0.25, 0.3) is 0 Å². The number of benzene rings is 1. The first kappa shape index (κ1) is 15.7. The minimum Gasteiger partial charge on any atom is -0.399 e. The number of halogens is 2. The third-order valence-corrected chi connectivity index (χ3v) is 3.22. The molecule has 0 heterocycles. The molecule has 108 valence electrons. The normalized spacial score (nSPS) is 11.3. The van der Waals surface area contributed by atoms with Gasteiger partial charge in [-0.1, -0.05) is 19.8 Å². The van der Waals surface area contributed by atoms with Gasteiger partial charge in [0.1, 0.15) is 0 Å². The zero-order chi connectivity index (χ0) is 14.4. The minimum atomic E-state index is -2.49. The maximum absolute atomic E-state index is 13.1. The smallest absolute Gasteiger partial charge is 0.265 e. The van der Waals surface area contributed by atoms with Gasteiger partial charge in [-0.15, -0.1) is 0 Å². The van der Waals surface area contributed by atoms with Crippen molar-refractivity contribution in [1.29, 1.82) is 0 Å². The number of rotatable bonds is 7. The number of nitrogens with zero attached hydrogens (tertiary/aromatic N) is 1. The van der Waals surface area contributed by atoms with Gasteiger partial charge in [0.05, 0.1) is 0 Å². The number of anilines is 2. The first-order valence-corrected chi connectivity index (χ1v) is 6.91. The molecule has 19 heavy (non-hydrogen) atoms. The number of hydrogen-bond acceptors (Lipinski definition) is 2. The van der Waals surface area contributed by atoms with Crippen molar-refractivity contribution < 1.29 is 8.78 Å². The molecule has 2 nitrogen and oxygen atoms in total. The van der Waals surface area contributed by atoms with E-state index in [1.165, 1.54) is 6.07 Å². The maximum atomic E-state index is 13.1. The van der Waals surface area contributed by atoms with E-state index in [0.717, 1.165) is 25.8 Å². The molecule has 1 aromatic rings. The molecule has 2 N–H and O–H groups in total. The molecule has 0 amide bonds. The maximum Gasteiger partial charge on any atom is 0.265 e. The van der Waals surface area contributed by atoms with Gasteiger partial charge in [-0.3, -0.25) is 0 Å². The number of nitrogen functional groups attached to an aromatic ring is 1. The highest BCUT2D eigenvalue weighted by Crippen LogP contribution is 2.32. The third-order valence-electron chi connectivity index (χ3n) is 3.22. The summed E-state index contributed by atoms with van der Waals surface area (Å²) in [4.78, 5) is 2.04. The summed E-state index contributed by atoms with van der Waals surface area (Å²) in [6, 6.07) is 4.98. The van der Waals surface area contributed by atoms with Crippen molar-refractivity contribution in [2.45, 2.75) is 52.5 Å². The number of nitrogens with two attached hydrogens (primary N) is 1. The third kappa shape index (κ3) is 4.37. The molecule has 0 aliphatic rings. The Balaban J connectivity index is 3.01. The van der Waals surface area contributed by atoms with Crippen molar-refractivity contribution in [2.24, 2.45) is 0 Å². The monoisotopic (exact) mass is 270 g/mol. The summed E-state index contributed by atoms with van der Waals surface area (Å²) in [5, 5.41) is 0. The van der Waals surface area contributed by atoms with Gasteiger partial charge in [0.2, 0.25) is 0 Å². The second-order valence-electron chi connectivity index (χ2n) is 5.11. The Hall–Kier alpha value is -1.32. The summed E-state index contributed by atoms with van der Waals surface area (Å²) in [7, 11) is 0. The molecule has 1 rings (SSSR count). The van der Waals surface area contributed by atoms with Gasteiger partial charge in [-0.2, -0.15) is 0 Å². The van der Waals surface area contributed by atoms with Crippen LogP contribution in [0.15, 0.2) is 18.2 Å². The van der Waals surface area contributed by atoms with Gasteiger partial charge in [0, 0.05) is 29.5 Å². The fourth-order valence-electron chi connectivity index (χ4n) is 2.20. The Bertz CT molecular complexity index is 392. The lowest BCUT2D eigenvalue weighted by Crippen LogP contribution is -2.32. The molecular weight excluding hydrogens is 246 g/mol. The highest BCUT2D eigenvalue weighted by molar-refractivity contribution is 5.60. The van der Waals surface area contributed by atoms with E-state index >= 15 is 0 Å². The molecule has 0 saturated carbocycles. The summed E-state index contributed by atoms with van der Waals surface area (Å²) in [6.07, 6.45) is 0.755. The van der Waals surface area contributed by atoms with Crippen LogP contribution in [0.1, 0.15) is 52.0 Å². The SMILES string of the molecule is CCCCCN(c1ccc(N)cc1C(F)F)C(C)C. The molecule has 0 spiro atoms. The van der Waals surface area contributed by atoms with Crippen molar-refractivity contribution in [1.82, 2.24) is 0 Å². The van der Waals surface area contributed by atoms with Crippen molar-refractivity contribution in [3.05, 3.63) is 23.8 Å². The van der Waals surface area contributed by atoms with Crippen LogP contribution in [0, 0.1) is 0 Å². The molecular formula is C15H24F2N2. The van der Waals surface area contributed by atoms with Crippen LogP contribution >= 0.6 is 0 Å². The Morgan fingerprint density at radius 1 is 1.21 bits per heavy atom. The van der Waals surface area contributed by atoms with E-state index in [9.17, 15) is 8.78 Å². The molecule has 0 fully saturated rings. The van der Waals surface area contributed by atoms with Gasteiger partial charge >= 0.3 is 0 Å². The molecule has 0 aromatic heterocycles. The molecule has 0 saturated heterocycles. The minimum absolute atomic E-state index is 0.0326. The summed E-state index contributed by atoms with van der Waals surface area (Å²) in [6.45, 7) is 6.98. The average Bonchev–Trinajstić information content (AvgIpc) is 2.35. The van der Waals surface area contributed by atoms with E-state index in [1.54, 1.807) is 12.1 Å². The predicted molar refractivity (Wildman–Crippen MR) is 77.8 cm³/mol. The topological polar surface area (TPSA) is 29.3 Å². The van der Waals surface area contributed by atoms with Crippen LogP contribution in [0.4, 0.5) is 20.2 Å². The van der Waals surface area contributed by atoms with Gasteiger partial charge in [0.15, 0.2) is 0 Å². The number of alkyl halides is 2. The van der Waals surface area contributed by atoms with Crippen LogP contribution in [0.3, 0.4) is 0 Å². The lowest BCUT2D eigenvalue weighted by molar-refractivity contribution is 0.151. The molecule has 1 aromatic carbocycles. The predicted octanol–water partition coefficient (Wildman–Crippen LogP) is 4.61. The van der Waals surface area contributed by atoms with Crippen molar-refractivity contribution in [2.75, 3.05) is 17.2 Å². The summed E-state index contributed by atoms with van der Waals surface area (Å²) >= 11 is 0. The lowest BCUT2D eigenvalue weighted by Gasteiger charge is -2.31. The molecule has 0 atom stereocenters. The highest BCUT2D eigenvalue weighted by Gasteiger charge is 2.19. The lowest BCUT2D eigenvalue weighted by atomic mass is 10.1. The van der Waals surface area contributed by atoms with Crippen LogP contribution in [0.5, 0.6) is 0 Å². The molecule has 0 radical (unpaired) electrons. The molecule has 0 aliphatic heterocycles. The summed E-state index contributed by atoms with van der Waals surface area (Å²) in [5.41, 5.74) is 6.64. The van der Waals surface area contributed by atoms with E-state index in [-0.39, 0.29) is 11.6 Å². The standard InChI is InChI=1S/C15H24F2N2/c1-4-5-6-9-19(11(2)3)14-8-7-12(18)10-13(14)15(16)17/h7-8,10-11,15H,4-6,9,18H2,1-3H3. The van der Waals surface area contributed by atoms with Crippen molar-refractivity contribution in [3.8, 4) is 0 Å². The molecule has 0 bridgehead atoms.